The molecule has 4 rings (SSSR count). The van der Waals surface area contributed by atoms with Gasteiger partial charge in [0.15, 0.2) is 0 Å². The summed E-state index contributed by atoms with van der Waals surface area (Å²) in [4.78, 5) is 13.4. The van der Waals surface area contributed by atoms with Crippen molar-refractivity contribution in [1.29, 1.82) is 5.26 Å². The molecule has 0 fully saturated rings. The number of hydrogen-bond donors (Lipinski definition) is 2. The van der Waals surface area contributed by atoms with Gasteiger partial charge in [0, 0.05) is 25.4 Å². The third kappa shape index (κ3) is 5.94. The van der Waals surface area contributed by atoms with E-state index in [1.54, 1.807) is 30.1 Å². The van der Waals surface area contributed by atoms with Crippen LogP contribution in [-0.4, -0.2) is 29.3 Å². The molecule has 0 aliphatic carbocycles. The number of benzene rings is 3. The maximum Gasteiger partial charge on any atom is 0.246 e. The Kier molecular flexibility index (Phi) is 7.56. The molecule has 2 N–H and O–H groups in total. The molecular weight excluding hydrogens is 438 g/mol. The van der Waals surface area contributed by atoms with E-state index in [1.165, 1.54) is 0 Å². The molecule has 7 heteroatoms. The molecular formula is C28H27N5O2. The van der Waals surface area contributed by atoms with E-state index in [4.69, 9.17) is 10.00 Å². The van der Waals surface area contributed by atoms with Gasteiger partial charge in [-0.1, -0.05) is 48.5 Å². The van der Waals surface area contributed by atoms with Gasteiger partial charge >= 0.3 is 0 Å². The Morgan fingerprint density at radius 3 is 2.51 bits per heavy atom. The molecule has 0 radical (unpaired) electrons. The fraction of sp³-hybridized carbons (Fsp3) is 0.179. The molecule has 0 aliphatic rings. The number of aryl methyl sites for hydroxylation is 1. The lowest BCUT2D eigenvalue weighted by molar-refractivity contribution is -0.118. The van der Waals surface area contributed by atoms with Crippen LogP contribution >= 0.6 is 0 Å². The predicted octanol–water partition coefficient (Wildman–Crippen LogP) is 4.48. The second-order valence-corrected chi connectivity index (χ2v) is 8.16. The lowest BCUT2D eigenvalue weighted by Gasteiger charge is -2.20. The van der Waals surface area contributed by atoms with E-state index in [0.29, 0.717) is 23.5 Å². The fourth-order valence-corrected chi connectivity index (χ4v) is 3.86. The lowest BCUT2D eigenvalue weighted by atomic mass is 10.0. The van der Waals surface area contributed by atoms with Crippen LogP contribution in [-0.2, 0) is 18.3 Å². The zero-order valence-corrected chi connectivity index (χ0v) is 19.7. The van der Waals surface area contributed by atoms with Crippen LogP contribution in [0, 0.1) is 11.3 Å². The first kappa shape index (κ1) is 23.7. The molecule has 1 heterocycles. The zero-order valence-electron chi connectivity index (χ0n) is 19.7. The quantitative estimate of drug-likeness (QED) is 0.380. The summed E-state index contributed by atoms with van der Waals surface area (Å²) >= 11 is 0. The van der Waals surface area contributed by atoms with Crippen LogP contribution in [0.5, 0.6) is 5.75 Å². The van der Waals surface area contributed by atoms with Crippen molar-refractivity contribution >= 4 is 11.6 Å². The van der Waals surface area contributed by atoms with Crippen molar-refractivity contribution < 1.29 is 9.53 Å². The Hall–Kier alpha value is -4.41. The van der Waals surface area contributed by atoms with Crippen LogP contribution < -0.4 is 15.4 Å². The van der Waals surface area contributed by atoms with E-state index < -0.39 is 6.04 Å². The van der Waals surface area contributed by atoms with Gasteiger partial charge in [0.2, 0.25) is 5.91 Å². The van der Waals surface area contributed by atoms with Gasteiger partial charge in [0.05, 0.1) is 30.6 Å². The van der Waals surface area contributed by atoms with Crippen molar-refractivity contribution in [3.63, 3.8) is 0 Å². The fourth-order valence-electron chi connectivity index (χ4n) is 3.86. The minimum atomic E-state index is -0.544. The number of amides is 1. The van der Waals surface area contributed by atoms with Crippen LogP contribution in [0.1, 0.15) is 22.7 Å². The van der Waals surface area contributed by atoms with E-state index in [0.717, 1.165) is 28.7 Å². The van der Waals surface area contributed by atoms with Crippen LogP contribution in [0.3, 0.4) is 0 Å². The average Bonchev–Trinajstić information content (AvgIpc) is 3.33. The van der Waals surface area contributed by atoms with Crippen LogP contribution in [0.2, 0.25) is 0 Å². The second-order valence-electron chi connectivity index (χ2n) is 8.16. The number of nitrogens with one attached hydrogen (secondary N) is 2. The van der Waals surface area contributed by atoms with Crippen LogP contribution in [0.4, 0.5) is 5.69 Å². The largest absolute Gasteiger partial charge is 0.495 e. The van der Waals surface area contributed by atoms with Crippen LogP contribution in [0.15, 0.2) is 85.2 Å². The molecule has 1 aromatic heterocycles. The molecule has 3 aromatic carbocycles. The Bertz CT molecular complexity index is 1320. The molecule has 0 saturated carbocycles. The van der Waals surface area contributed by atoms with E-state index >= 15 is 0 Å². The number of hydrogen-bond acceptors (Lipinski definition) is 5. The molecule has 35 heavy (non-hydrogen) atoms. The highest BCUT2D eigenvalue weighted by Crippen LogP contribution is 2.31. The first-order valence-corrected chi connectivity index (χ1v) is 11.3. The third-order valence-electron chi connectivity index (χ3n) is 5.74. The van der Waals surface area contributed by atoms with Gasteiger partial charge in [-0.15, -0.1) is 0 Å². The summed E-state index contributed by atoms with van der Waals surface area (Å²) in [5.74, 6) is 0.396. The van der Waals surface area contributed by atoms with Gasteiger partial charge in [-0.25, -0.2) is 0 Å². The lowest BCUT2D eigenvalue weighted by Crippen LogP contribution is -2.34. The third-order valence-corrected chi connectivity index (χ3v) is 5.74. The van der Waals surface area contributed by atoms with Gasteiger partial charge in [-0.05, 0) is 47.4 Å². The smallest absolute Gasteiger partial charge is 0.246 e. The summed E-state index contributed by atoms with van der Waals surface area (Å²) in [5, 5.41) is 19.6. The van der Waals surface area contributed by atoms with Gasteiger partial charge in [-0.2, -0.15) is 10.4 Å². The van der Waals surface area contributed by atoms with Gasteiger partial charge in [0.1, 0.15) is 11.8 Å². The molecule has 1 unspecified atom stereocenters. The minimum Gasteiger partial charge on any atom is -0.495 e. The van der Waals surface area contributed by atoms with E-state index in [2.05, 4.69) is 21.8 Å². The van der Waals surface area contributed by atoms with Crippen molar-refractivity contribution in [3.05, 3.63) is 102 Å². The van der Waals surface area contributed by atoms with Crippen molar-refractivity contribution in [2.75, 3.05) is 19.0 Å². The number of nitrogens with zero attached hydrogens (tertiary/aromatic N) is 3. The number of anilines is 1. The molecule has 4 aromatic rings. The number of aromatic nitrogens is 2. The zero-order chi connectivity index (χ0) is 24.6. The number of ether oxygens (including phenoxy) is 1. The van der Waals surface area contributed by atoms with E-state index in [1.807, 2.05) is 73.9 Å². The summed E-state index contributed by atoms with van der Waals surface area (Å²) in [6.07, 6.45) is 4.44. The normalized spacial score (nSPS) is 11.5. The highest BCUT2D eigenvalue weighted by molar-refractivity contribution is 5.97. The van der Waals surface area contributed by atoms with Crippen molar-refractivity contribution in [2.45, 2.75) is 12.5 Å². The second kappa shape index (κ2) is 11.1. The molecule has 176 valence electrons. The molecule has 0 saturated heterocycles. The average molecular weight is 466 g/mol. The maximum absolute atomic E-state index is 13.4. The Balaban J connectivity index is 1.49. The number of nitriles is 1. The topological polar surface area (TPSA) is 92.0 Å². The Morgan fingerprint density at radius 1 is 1.09 bits per heavy atom. The van der Waals surface area contributed by atoms with Gasteiger partial charge < -0.3 is 15.4 Å². The standard InChI is InChI=1S/C28H27N5O2/c1-33-19-24(18-31-33)23-12-13-25(26(16-23)35-2)32-28(34)27(22-6-4-3-5-7-22)30-15-14-20-8-10-21(17-29)11-9-20/h3-13,16,18-19,27,30H,14-15H2,1-2H3,(H,32,34). The maximum atomic E-state index is 13.4. The molecule has 7 nitrogen and oxygen atoms in total. The Labute approximate surface area is 205 Å². The highest BCUT2D eigenvalue weighted by Gasteiger charge is 2.21. The summed E-state index contributed by atoms with van der Waals surface area (Å²) in [5.41, 5.74) is 5.11. The van der Waals surface area contributed by atoms with Gasteiger partial charge in [0.25, 0.3) is 0 Å². The van der Waals surface area contributed by atoms with Crippen molar-refractivity contribution in [2.24, 2.45) is 7.05 Å². The first-order valence-electron chi connectivity index (χ1n) is 11.3. The van der Waals surface area contributed by atoms with E-state index in [-0.39, 0.29) is 5.91 Å². The predicted molar refractivity (Wildman–Crippen MR) is 136 cm³/mol. The molecule has 0 bridgehead atoms. The summed E-state index contributed by atoms with van der Waals surface area (Å²) in [6.45, 7) is 0.593. The highest BCUT2D eigenvalue weighted by atomic mass is 16.5. The molecule has 0 spiro atoms. The Morgan fingerprint density at radius 2 is 1.86 bits per heavy atom. The summed E-state index contributed by atoms with van der Waals surface area (Å²) in [6, 6.07) is 24.4. The number of carbonyl (C=O) groups is 1. The van der Waals surface area contributed by atoms with Crippen molar-refractivity contribution in [3.8, 4) is 22.9 Å². The molecule has 1 amide bonds. The minimum absolute atomic E-state index is 0.177. The van der Waals surface area contributed by atoms with Gasteiger partial charge in [-0.3, -0.25) is 9.48 Å². The monoisotopic (exact) mass is 465 g/mol. The van der Waals surface area contributed by atoms with Crippen molar-refractivity contribution in [1.82, 2.24) is 15.1 Å². The number of carbonyl (C=O) groups excluding carboxylic acids is 1. The summed E-state index contributed by atoms with van der Waals surface area (Å²) in [7, 11) is 3.45. The van der Waals surface area contributed by atoms with E-state index in [9.17, 15) is 4.79 Å². The number of methoxy groups -OCH3 is 1. The molecule has 0 aliphatic heterocycles. The molecule has 1 atom stereocenters. The first-order chi connectivity index (χ1) is 17.1. The SMILES string of the molecule is COc1cc(-c2cnn(C)c2)ccc1NC(=O)C(NCCc1ccc(C#N)cc1)c1ccccc1. The summed E-state index contributed by atoms with van der Waals surface area (Å²) < 4.78 is 7.31. The van der Waals surface area contributed by atoms with Crippen LogP contribution in [0.25, 0.3) is 11.1 Å². The number of rotatable bonds is 9.